The van der Waals surface area contributed by atoms with E-state index in [2.05, 4.69) is 15.1 Å². The van der Waals surface area contributed by atoms with Gasteiger partial charge in [-0.25, -0.2) is 4.98 Å². The second-order valence-corrected chi connectivity index (χ2v) is 4.93. The molecule has 0 fully saturated rings. The molecule has 1 aromatic heterocycles. The summed E-state index contributed by atoms with van der Waals surface area (Å²) in [5.74, 6) is -0.599. The molecule has 0 spiro atoms. The van der Waals surface area contributed by atoms with Gasteiger partial charge in [-0.15, -0.1) is 0 Å². The maximum absolute atomic E-state index is 13.0. The molecule has 0 unspecified atom stereocenters. The minimum absolute atomic E-state index is 0.317. The predicted octanol–water partition coefficient (Wildman–Crippen LogP) is 2.74. The first-order chi connectivity index (χ1) is 9.91. The zero-order valence-electron chi connectivity index (χ0n) is 10.4. The molecule has 0 radical (unpaired) electrons. The van der Waals surface area contributed by atoms with E-state index in [1.165, 1.54) is 24.7 Å². The Hall–Kier alpha value is -2.29. The van der Waals surface area contributed by atoms with Crippen molar-refractivity contribution < 1.29 is 18.4 Å². The number of halogens is 3. The Kier molecular flexibility index (Phi) is 4.32. The standard InChI is InChI=1S/C12H9F3N4OS/c13-12(14,15)9-5-7(1-2-8(9)11(16)19-20)21-10-6-17-3-4-18-10/h1-6,20H,(H2,16,19). The third kappa shape index (κ3) is 3.63. The number of aromatic nitrogens is 2. The molecule has 3 N–H and O–H groups in total. The van der Waals surface area contributed by atoms with Crippen molar-refractivity contribution in [1.82, 2.24) is 9.97 Å². The van der Waals surface area contributed by atoms with Crippen LogP contribution in [0.15, 0.2) is 51.9 Å². The molecule has 0 amide bonds. The number of alkyl halides is 3. The Balaban J connectivity index is 2.43. The minimum Gasteiger partial charge on any atom is -0.409 e. The Morgan fingerprint density at radius 3 is 2.62 bits per heavy atom. The molecule has 2 aromatic rings. The molecule has 2 rings (SSSR count). The van der Waals surface area contributed by atoms with Crippen LogP contribution in [-0.2, 0) is 6.18 Å². The van der Waals surface area contributed by atoms with E-state index in [4.69, 9.17) is 10.9 Å². The number of benzene rings is 1. The van der Waals surface area contributed by atoms with Crippen molar-refractivity contribution in [2.75, 3.05) is 0 Å². The van der Waals surface area contributed by atoms with Crippen molar-refractivity contribution in [1.29, 1.82) is 0 Å². The summed E-state index contributed by atoms with van der Waals surface area (Å²) in [5.41, 5.74) is 3.90. The van der Waals surface area contributed by atoms with Gasteiger partial charge in [-0.3, -0.25) is 4.98 Å². The Labute approximate surface area is 121 Å². The number of rotatable bonds is 3. The average molecular weight is 314 g/mol. The molecule has 1 heterocycles. The van der Waals surface area contributed by atoms with Crippen LogP contribution in [0.3, 0.4) is 0 Å². The Morgan fingerprint density at radius 1 is 1.29 bits per heavy atom. The fourth-order valence-corrected chi connectivity index (χ4v) is 2.34. The summed E-state index contributed by atoms with van der Waals surface area (Å²) < 4.78 is 39.1. The van der Waals surface area contributed by atoms with Gasteiger partial charge in [-0.05, 0) is 18.2 Å². The summed E-state index contributed by atoms with van der Waals surface area (Å²) in [6.45, 7) is 0. The SMILES string of the molecule is NC(=NO)c1ccc(Sc2cnccn2)cc1C(F)(F)F. The molecule has 0 aliphatic heterocycles. The van der Waals surface area contributed by atoms with Crippen LogP contribution in [0.25, 0.3) is 0 Å². The summed E-state index contributed by atoms with van der Waals surface area (Å²) in [6, 6.07) is 3.51. The zero-order valence-corrected chi connectivity index (χ0v) is 11.2. The third-order valence-electron chi connectivity index (χ3n) is 2.44. The number of oxime groups is 1. The van der Waals surface area contributed by atoms with Gasteiger partial charge in [-0.1, -0.05) is 16.9 Å². The summed E-state index contributed by atoms with van der Waals surface area (Å²) >= 11 is 1.03. The summed E-state index contributed by atoms with van der Waals surface area (Å²) in [7, 11) is 0. The van der Waals surface area contributed by atoms with Crippen molar-refractivity contribution >= 4 is 17.6 Å². The molecule has 0 saturated carbocycles. The van der Waals surface area contributed by atoms with Gasteiger partial charge in [0.2, 0.25) is 0 Å². The molecular formula is C12H9F3N4OS. The van der Waals surface area contributed by atoms with E-state index in [1.54, 1.807) is 0 Å². The van der Waals surface area contributed by atoms with Gasteiger partial charge in [0.25, 0.3) is 0 Å². The normalized spacial score (nSPS) is 12.4. The summed E-state index contributed by atoms with van der Waals surface area (Å²) in [4.78, 5) is 8.12. The zero-order chi connectivity index (χ0) is 15.5. The van der Waals surface area contributed by atoms with Gasteiger partial charge < -0.3 is 10.9 Å². The lowest BCUT2D eigenvalue weighted by Crippen LogP contribution is -2.20. The highest BCUT2D eigenvalue weighted by Gasteiger charge is 2.34. The first-order valence-electron chi connectivity index (χ1n) is 5.55. The molecule has 0 bridgehead atoms. The van der Waals surface area contributed by atoms with E-state index < -0.39 is 17.6 Å². The first kappa shape index (κ1) is 15.1. The molecule has 0 atom stereocenters. The molecule has 21 heavy (non-hydrogen) atoms. The molecule has 1 aromatic carbocycles. The van der Waals surface area contributed by atoms with Crippen molar-refractivity contribution in [3.8, 4) is 0 Å². The van der Waals surface area contributed by atoms with Crippen molar-refractivity contribution in [2.24, 2.45) is 10.9 Å². The van der Waals surface area contributed by atoms with E-state index in [1.807, 2.05) is 0 Å². The van der Waals surface area contributed by atoms with Crippen LogP contribution in [0, 0.1) is 0 Å². The molecule has 110 valence electrons. The summed E-state index contributed by atoms with van der Waals surface area (Å²) in [5, 5.41) is 11.6. The molecule has 0 aliphatic carbocycles. The van der Waals surface area contributed by atoms with Gasteiger partial charge in [0.1, 0.15) is 5.03 Å². The van der Waals surface area contributed by atoms with Gasteiger partial charge in [0.05, 0.1) is 11.8 Å². The van der Waals surface area contributed by atoms with Crippen LogP contribution in [0.4, 0.5) is 13.2 Å². The largest absolute Gasteiger partial charge is 0.417 e. The van der Waals surface area contributed by atoms with E-state index in [0.29, 0.717) is 9.92 Å². The molecular weight excluding hydrogens is 305 g/mol. The lowest BCUT2D eigenvalue weighted by atomic mass is 10.1. The highest BCUT2D eigenvalue weighted by molar-refractivity contribution is 7.99. The van der Waals surface area contributed by atoms with Crippen LogP contribution in [0.5, 0.6) is 0 Å². The Morgan fingerprint density at radius 2 is 2.05 bits per heavy atom. The van der Waals surface area contributed by atoms with Crippen LogP contribution in [0.2, 0.25) is 0 Å². The number of amidine groups is 1. The van der Waals surface area contributed by atoms with Crippen LogP contribution < -0.4 is 5.73 Å². The van der Waals surface area contributed by atoms with Crippen LogP contribution in [0.1, 0.15) is 11.1 Å². The smallest absolute Gasteiger partial charge is 0.409 e. The highest BCUT2D eigenvalue weighted by atomic mass is 32.2. The molecule has 5 nitrogen and oxygen atoms in total. The predicted molar refractivity (Wildman–Crippen MR) is 70.1 cm³/mol. The van der Waals surface area contributed by atoms with Crippen molar-refractivity contribution in [2.45, 2.75) is 16.1 Å². The average Bonchev–Trinajstić information content (AvgIpc) is 2.46. The van der Waals surface area contributed by atoms with Gasteiger partial charge >= 0.3 is 6.18 Å². The van der Waals surface area contributed by atoms with Gasteiger partial charge in [-0.2, -0.15) is 13.2 Å². The Bertz CT molecular complexity index is 661. The highest BCUT2D eigenvalue weighted by Crippen LogP contribution is 2.36. The lowest BCUT2D eigenvalue weighted by Gasteiger charge is -2.13. The maximum atomic E-state index is 13.0. The third-order valence-corrected chi connectivity index (χ3v) is 3.35. The summed E-state index contributed by atoms with van der Waals surface area (Å²) in [6.07, 6.45) is -0.274. The number of hydrogen-bond donors (Lipinski definition) is 2. The van der Waals surface area contributed by atoms with Gasteiger partial charge in [0.15, 0.2) is 5.84 Å². The first-order valence-corrected chi connectivity index (χ1v) is 6.36. The monoisotopic (exact) mass is 314 g/mol. The van der Waals surface area contributed by atoms with E-state index >= 15 is 0 Å². The molecule has 9 heteroatoms. The second-order valence-electron chi connectivity index (χ2n) is 3.84. The number of hydrogen-bond acceptors (Lipinski definition) is 5. The van der Waals surface area contributed by atoms with Crippen LogP contribution >= 0.6 is 11.8 Å². The lowest BCUT2D eigenvalue weighted by molar-refractivity contribution is -0.137. The molecule has 0 saturated heterocycles. The topological polar surface area (TPSA) is 84.4 Å². The van der Waals surface area contributed by atoms with Gasteiger partial charge in [0, 0.05) is 22.9 Å². The minimum atomic E-state index is -4.62. The van der Waals surface area contributed by atoms with E-state index in [9.17, 15) is 13.2 Å². The van der Waals surface area contributed by atoms with E-state index in [-0.39, 0.29) is 5.56 Å². The fraction of sp³-hybridized carbons (Fsp3) is 0.0833. The van der Waals surface area contributed by atoms with Crippen molar-refractivity contribution in [3.63, 3.8) is 0 Å². The molecule has 0 aliphatic rings. The van der Waals surface area contributed by atoms with Crippen molar-refractivity contribution in [3.05, 3.63) is 47.9 Å². The van der Waals surface area contributed by atoms with Crippen LogP contribution in [-0.4, -0.2) is 21.0 Å². The number of nitrogens with zero attached hydrogens (tertiary/aromatic N) is 3. The van der Waals surface area contributed by atoms with E-state index in [0.717, 1.165) is 23.9 Å². The second kappa shape index (κ2) is 6.00. The quantitative estimate of drug-likeness (QED) is 0.394. The fourth-order valence-electron chi connectivity index (χ4n) is 1.56. The number of nitrogens with two attached hydrogens (primary N) is 1. The maximum Gasteiger partial charge on any atom is 0.417 e.